The van der Waals surface area contributed by atoms with E-state index in [0.717, 1.165) is 16.6 Å². The molecule has 4 heteroatoms. The minimum atomic E-state index is 0.147. The summed E-state index contributed by atoms with van der Waals surface area (Å²) in [5.41, 5.74) is 8.11. The van der Waals surface area contributed by atoms with Gasteiger partial charge in [-0.15, -0.1) is 0 Å². The van der Waals surface area contributed by atoms with Crippen LogP contribution in [0.1, 0.15) is 5.69 Å². The maximum atomic E-state index is 8.26. The van der Waals surface area contributed by atoms with Crippen molar-refractivity contribution in [1.29, 1.82) is 0 Å². The summed E-state index contributed by atoms with van der Waals surface area (Å²) in [6, 6.07) is 7.54. The van der Waals surface area contributed by atoms with Gasteiger partial charge in [0.15, 0.2) is 0 Å². The van der Waals surface area contributed by atoms with Crippen LogP contribution in [0.2, 0.25) is 0 Å². The van der Waals surface area contributed by atoms with Gasteiger partial charge in [-0.1, -0.05) is 12.1 Å². The molecule has 0 saturated heterocycles. The van der Waals surface area contributed by atoms with Crippen LogP contribution in [-0.2, 0) is 11.5 Å². The third kappa shape index (κ3) is 1.37. The first kappa shape index (κ1) is 8.10. The zero-order chi connectivity index (χ0) is 9.26. The second kappa shape index (κ2) is 3.08. The summed E-state index contributed by atoms with van der Waals surface area (Å²) >= 11 is 0. The van der Waals surface area contributed by atoms with E-state index in [2.05, 4.69) is 9.87 Å². The Hall–Kier alpha value is -1.52. The number of aromatic amines is 1. The quantitative estimate of drug-likeness (QED) is 0.372. The van der Waals surface area contributed by atoms with Crippen LogP contribution in [0.25, 0.3) is 10.9 Å². The van der Waals surface area contributed by atoms with Crippen molar-refractivity contribution in [2.45, 2.75) is 6.61 Å². The molecule has 0 saturated carbocycles. The predicted octanol–water partition coefficient (Wildman–Crippen LogP) is 1.74. The lowest BCUT2D eigenvalue weighted by Crippen LogP contribution is -1.88. The molecular weight excluding hydrogens is 168 g/mol. The molecule has 0 amide bonds. The normalized spacial score (nSPS) is 10.8. The zero-order valence-electron chi connectivity index (χ0n) is 6.95. The van der Waals surface area contributed by atoms with E-state index in [-0.39, 0.29) is 6.61 Å². The smallest absolute Gasteiger partial charge is 0.122 e. The number of fused-ring (bicyclic) bond motifs is 1. The van der Waals surface area contributed by atoms with E-state index in [9.17, 15) is 0 Å². The van der Waals surface area contributed by atoms with Crippen LogP contribution in [-0.4, -0.2) is 10.2 Å². The van der Waals surface area contributed by atoms with Crippen molar-refractivity contribution in [1.82, 2.24) is 4.98 Å². The van der Waals surface area contributed by atoms with Crippen LogP contribution in [0.3, 0.4) is 0 Å². The van der Waals surface area contributed by atoms with Crippen LogP contribution < -0.4 is 5.73 Å². The molecule has 1 aromatic heterocycles. The Morgan fingerprint density at radius 3 is 3.00 bits per heavy atom. The summed E-state index contributed by atoms with van der Waals surface area (Å²) in [6.45, 7) is 0.147. The van der Waals surface area contributed by atoms with E-state index in [0.29, 0.717) is 5.69 Å². The largest absolute Gasteiger partial charge is 0.397 e. The highest BCUT2D eigenvalue weighted by Crippen LogP contribution is 2.21. The average molecular weight is 178 g/mol. The van der Waals surface area contributed by atoms with Crippen LogP contribution >= 0.6 is 0 Å². The Bertz CT molecular complexity index is 422. The van der Waals surface area contributed by atoms with Gasteiger partial charge in [0, 0.05) is 11.1 Å². The lowest BCUT2D eigenvalue weighted by atomic mass is 10.2. The van der Waals surface area contributed by atoms with E-state index in [1.54, 1.807) is 0 Å². The fourth-order valence-electron chi connectivity index (χ4n) is 1.39. The van der Waals surface area contributed by atoms with Crippen molar-refractivity contribution >= 4 is 16.6 Å². The van der Waals surface area contributed by atoms with E-state index in [1.807, 2.05) is 24.3 Å². The second-order valence-electron chi connectivity index (χ2n) is 2.88. The molecule has 2 rings (SSSR count). The molecule has 0 radical (unpaired) electrons. The van der Waals surface area contributed by atoms with Crippen LogP contribution in [0, 0.1) is 0 Å². The fourth-order valence-corrected chi connectivity index (χ4v) is 1.39. The maximum Gasteiger partial charge on any atom is 0.122 e. The number of anilines is 1. The van der Waals surface area contributed by atoms with Gasteiger partial charge in [0.1, 0.15) is 6.61 Å². The van der Waals surface area contributed by atoms with Crippen molar-refractivity contribution in [3.8, 4) is 0 Å². The molecule has 0 aliphatic rings. The van der Waals surface area contributed by atoms with Gasteiger partial charge in [0.2, 0.25) is 0 Å². The SMILES string of the molecule is Nc1cccc2cc(COO)[nH]c12. The summed E-state index contributed by atoms with van der Waals surface area (Å²) in [5.74, 6) is 0. The monoisotopic (exact) mass is 178 g/mol. The van der Waals surface area contributed by atoms with Gasteiger partial charge in [-0.2, -0.15) is 0 Å². The minimum absolute atomic E-state index is 0.147. The molecule has 4 nitrogen and oxygen atoms in total. The lowest BCUT2D eigenvalue weighted by Gasteiger charge is -1.93. The number of rotatable bonds is 2. The molecule has 4 N–H and O–H groups in total. The molecule has 0 unspecified atom stereocenters. The van der Waals surface area contributed by atoms with E-state index in [1.165, 1.54) is 0 Å². The molecular formula is C9H10N2O2. The lowest BCUT2D eigenvalue weighted by molar-refractivity contribution is -0.253. The highest BCUT2D eigenvalue weighted by Gasteiger charge is 2.02. The van der Waals surface area contributed by atoms with Crippen LogP contribution in [0.15, 0.2) is 24.3 Å². The number of nitrogens with one attached hydrogen (secondary N) is 1. The van der Waals surface area contributed by atoms with Crippen molar-refractivity contribution in [3.63, 3.8) is 0 Å². The molecule has 0 aliphatic carbocycles. The van der Waals surface area contributed by atoms with Gasteiger partial charge in [-0.3, -0.25) is 5.26 Å². The maximum absolute atomic E-state index is 8.26. The van der Waals surface area contributed by atoms with Crippen LogP contribution in [0.5, 0.6) is 0 Å². The van der Waals surface area contributed by atoms with Gasteiger partial charge >= 0.3 is 0 Å². The topological polar surface area (TPSA) is 71.3 Å². The second-order valence-corrected chi connectivity index (χ2v) is 2.88. The fraction of sp³-hybridized carbons (Fsp3) is 0.111. The first-order valence-electron chi connectivity index (χ1n) is 3.93. The number of H-pyrrole nitrogens is 1. The molecule has 0 atom stereocenters. The summed E-state index contributed by atoms with van der Waals surface area (Å²) in [5, 5.41) is 9.28. The number of para-hydroxylation sites is 1. The number of nitrogen functional groups attached to an aromatic ring is 1. The number of aromatic nitrogens is 1. The van der Waals surface area contributed by atoms with Gasteiger partial charge in [-0.25, -0.2) is 4.89 Å². The predicted molar refractivity (Wildman–Crippen MR) is 50.1 cm³/mol. The number of benzene rings is 1. The Morgan fingerprint density at radius 2 is 2.31 bits per heavy atom. The van der Waals surface area contributed by atoms with Crippen molar-refractivity contribution < 1.29 is 10.1 Å². The van der Waals surface area contributed by atoms with Crippen molar-refractivity contribution in [2.24, 2.45) is 0 Å². The molecule has 68 valence electrons. The van der Waals surface area contributed by atoms with Crippen molar-refractivity contribution in [3.05, 3.63) is 30.0 Å². The van der Waals surface area contributed by atoms with Gasteiger partial charge in [0.25, 0.3) is 0 Å². The molecule has 0 fully saturated rings. The molecule has 0 spiro atoms. The van der Waals surface area contributed by atoms with E-state index >= 15 is 0 Å². The highest BCUT2D eigenvalue weighted by molar-refractivity contribution is 5.90. The summed E-state index contributed by atoms with van der Waals surface area (Å²) in [6.07, 6.45) is 0. The Morgan fingerprint density at radius 1 is 1.46 bits per heavy atom. The molecule has 13 heavy (non-hydrogen) atoms. The molecule has 0 bridgehead atoms. The standard InChI is InChI=1S/C9H10N2O2/c10-8-3-1-2-6-4-7(5-13-12)11-9(6)8/h1-4,11-12H,5,10H2. The minimum Gasteiger partial charge on any atom is -0.397 e. The molecule has 2 aromatic rings. The first-order chi connectivity index (χ1) is 6.31. The number of hydrogen-bond acceptors (Lipinski definition) is 3. The molecule has 1 aromatic carbocycles. The van der Waals surface area contributed by atoms with Crippen LogP contribution in [0.4, 0.5) is 5.69 Å². The summed E-state index contributed by atoms with van der Waals surface area (Å²) in [4.78, 5) is 7.08. The Balaban J connectivity index is 2.55. The first-order valence-corrected chi connectivity index (χ1v) is 3.93. The molecule has 1 heterocycles. The number of hydrogen-bond donors (Lipinski definition) is 3. The van der Waals surface area contributed by atoms with E-state index < -0.39 is 0 Å². The van der Waals surface area contributed by atoms with E-state index in [4.69, 9.17) is 11.0 Å². The highest BCUT2D eigenvalue weighted by atomic mass is 17.1. The van der Waals surface area contributed by atoms with Crippen molar-refractivity contribution in [2.75, 3.05) is 5.73 Å². The number of nitrogens with two attached hydrogens (primary N) is 1. The third-order valence-corrected chi connectivity index (χ3v) is 1.96. The Labute approximate surface area is 74.9 Å². The molecule has 0 aliphatic heterocycles. The van der Waals surface area contributed by atoms with Gasteiger partial charge < -0.3 is 10.7 Å². The summed E-state index contributed by atoms with van der Waals surface area (Å²) in [7, 11) is 0. The zero-order valence-corrected chi connectivity index (χ0v) is 6.95. The van der Waals surface area contributed by atoms with Gasteiger partial charge in [-0.05, 0) is 12.1 Å². The summed E-state index contributed by atoms with van der Waals surface area (Å²) < 4.78 is 0. The average Bonchev–Trinajstić information content (AvgIpc) is 2.49. The Kier molecular flexibility index (Phi) is 1.92. The third-order valence-electron chi connectivity index (χ3n) is 1.96. The van der Waals surface area contributed by atoms with Gasteiger partial charge in [0.05, 0.1) is 11.2 Å².